The van der Waals surface area contributed by atoms with Crippen LogP contribution in [0.1, 0.15) is 23.1 Å². The van der Waals surface area contributed by atoms with E-state index in [-0.39, 0.29) is 5.91 Å². The SMILES string of the molecule is CCN1CCN(C(=O)Cc2sc(-c3cccc(C)c3)nc2C)CC1. The maximum Gasteiger partial charge on any atom is 0.227 e. The van der Waals surface area contributed by atoms with Gasteiger partial charge in [0.05, 0.1) is 12.1 Å². The topological polar surface area (TPSA) is 36.4 Å². The van der Waals surface area contributed by atoms with Gasteiger partial charge in [0.1, 0.15) is 5.01 Å². The van der Waals surface area contributed by atoms with Gasteiger partial charge in [-0.1, -0.05) is 30.7 Å². The molecule has 1 fully saturated rings. The first-order valence-corrected chi connectivity index (χ1v) is 9.42. The fraction of sp³-hybridized carbons (Fsp3) is 0.474. The summed E-state index contributed by atoms with van der Waals surface area (Å²) in [5.41, 5.74) is 3.35. The molecule has 2 aromatic rings. The van der Waals surface area contributed by atoms with Crippen LogP contribution in [0, 0.1) is 13.8 Å². The van der Waals surface area contributed by atoms with Crippen molar-refractivity contribution >= 4 is 17.2 Å². The third-order valence-electron chi connectivity index (χ3n) is 4.64. The number of carbonyl (C=O) groups is 1. The molecule has 0 bridgehead atoms. The van der Waals surface area contributed by atoms with Crippen LogP contribution in [0.3, 0.4) is 0 Å². The average Bonchev–Trinajstić information content (AvgIpc) is 2.96. The molecular formula is C19H25N3OS. The normalized spacial score (nSPS) is 15.7. The Bertz CT molecular complexity index is 717. The number of hydrogen-bond donors (Lipinski definition) is 0. The number of piperazine rings is 1. The van der Waals surface area contributed by atoms with Crippen molar-refractivity contribution in [1.29, 1.82) is 0 Å². The molecule has 1 aliphatic heterocycles. The number of amides is 1. The van der Waals surface area contributed by atoms with E-state index in [0.29, 0.717) is 6.42 Å². The Balaban J connectivity index is 1.68. The third-order valence-corrected chi connectivity index (χ3v) is 5.85. The zero-order chi connectivity index (χ0) is 17.1. The lowest BCUT2D eigenvalue weighted by molar-refractivity contribution is -0.132. The Kier molecular flexibility index (Phi) is 5.31. The van der Waals surface area contributed by atoms with Crippen molar-refractivity contribution in [3.63, 3.8) is 0 Å². The molecule has 1 amide bonds. The molecule has 0 atom stereocenters. The second-order valence-electron chi connectivity index (χ2n) is 6.39. The van der Waals surface area contributed by atoms with E-state index in [1.807, 2.05) is 11.8 Å². The molecule has 0 unspecified atom stereocenters. The largest absolute Gasteiger partial charge is 0.340 e. The van der Waals surface area contributed by atoms with Gasteiger partial charge >= 0.3 is 0 Å². The Labute approximate surface area is 148 Å². The molecule has 0 N–H and O–H groups in total. The van der Waals surface area contributed by atoms with E-state index in [0.717, 1.165) is 53.9 Å². The highest BCUT2D eigenvalue weighted by atomic mass is 32.1. The Hall–Kier alpha value is -1.72. The van der Waals surface area contributed by atoms with Crippen LogP contribution in [0.15, 0.2) is 24.3 Å². The summed E-state index contributed by atoms with van der Waals surface area (Å²) in [4.78, 5) is 22.8. The highest BCUT2D eigenvalue weighted by Crippen LogP contribution is 2.29. The fourth-order valence-corrected chi connectivity index (χ4v) is 4.11. The number of rotatable bonds is 4. The lowest BCUT2D eigenvalue weighted by Crippen LogP contribution is -2.48. The van der Waals surface area contributed by atoms with Crippen LogP contribution in [0.25, 0.3) is 10.6 Å². The molecule has 1 aromatic carbocycles. The van der Waals surface area contributed by atoms with Crippen molar-refractivity contribution in [2.45, 2.75) is 27.2 Å². The third kappa shape index (κ3) is 3.84. The van der Waals surface area contributed by atoms with Crippen LogP contribution < -0.4 is 0 Å². The number of hydrogen-bond acceptors (Lipinski definition) is 4. The molecular weight excluding hydrogens is 318 g/mol. The number of thiazole rings is 1. The van der Waals surface area contributed by atoms with Gasteiger partial charge in [0.25, 0.3) is 0 Å². The minimum Gasteiger partial charge on any atom is -0.340 e. The second kappa shape index (κ2) is 7.45. The van der Waals surface area contributed by atoms with Gasteiger partial charge in [-0.3, -0.25) is 4.79 Å². The lowest BCUT2D eigenvalue weighted by Gasteiger charge is -2.34. The molecule has 24 heavy (non-hydrogen) atoms. The van der Waals surface area contributed by atoms with Crippen LogP contribution in [0.5, 0.6) is 0 Å². The van der Waals surface area contributed by atoms with Gasteiger partial charge in [0, 0.05) is 36.6 Å². The monoisotopic (exact) mass is 343 g/mol. The van der Waals surface area contributed by atoms with Crippen LogP contribution >= 0.6 is 11.3 Å². The Morgan fingerprint density at radius 3 is 2.62 bits per heavy atom. The van der Waals surface area contributed by atoms with Crippen molar-refractivity contribution in [2.75, 3.05) is 32.7 Å². The van der Waals surface area contributed by atoms with Gasteiger partial charge in [-0.15, -0.1) is 11.3 Å². The minimum atomic E-state index is 0.230. The summed E-state index contributed by atoms with van der Waals surface area (Å²) in [5, 5.41) is 1.01. The molecule has 0 saturated carbocycles. The molecule has 0 spiro atoms. The molecule has 128 valence electrons. The van der Waals surface area contributed by atoms with Crippen LogP contribution in [0.4, 0.5) is 0 Å². The maximum absolute atomic E-state index is 12.6. The highest BCUT2D eigenvalue weighted by molar-refractivity contribution is 7.15. The molecule has 1 saturated heterocycles. The molecule has 5 heteroatoms. The predicted octanol–water partition coefficient (Wildman–Crippen LogP) is 3.13. The lowest BCUT2D eigenvalue weighted by atomic mass is 10.1. The number of nitrogens with zero attached hydrogens (tertiary/aromatic N) is 3. The van der Waals surface area contributed by atoms with Crippen molar-refractivity contribution in [3.05, 3.63) is 40.4 Å². The highest BCUT2D eigenvalue weighted by Gasteiger charge is 2.22. The summed E-state index contributed by atoms with van der Waals surface area (Å²) < 4.78 is 0. The molecule has 0 radical (unpaired) electrons. The Morgan fingerprint density at radius 2 is 1.96 bits per heavy atom. The van der Waals surface area contributed by atoms with Gasteiger partial charge in [-0.2, -0.15) is 0 Å². The summed E-state index contributed by atoms with van der Waals surface area (Å²) in [6.45, 7) is 11.0. The van der Waals surface area contributed by atoms with Crippen LogP contribution in [0.2, 0.25) is 0 Å². The number of likely N-dealkylation sites (N-methyl/N-ethyl adjacent to an activating group) is 1. The van der Waals surface area contributed by atoms with Gasteiger partial charge < -0.3 is 9.80 Å². The number of benzene rings is 1. The summed E-state index contributed by atoms with van der Waals surface area (Å²) in [6.07, 6.45) is 0.474. The molecule has 1 aliphatic rings. The van der Waals surface area contributed by atoms with E-state index >= 15 is 0 Å². The summed E-state index contributed by atoms with van der Waals surface area (Å²) >= 11 is 1.65. The maximum atomic E-state index is 12.6. The van der Waals surface area contributed by atoms with Crippen molar-refractivity contribution in [3.8, 4) is 10.6 Å². The first-order chi connectivity index (χ1) is 11.6. The smallest absolute Gasteiger partial charge is 0.227 e. The molecule has 1 aromatic heterocycles. The minimum absolute atomic E-state index is 0.230. The van der Waals surface area contributed by atoms with E-state index < -0.39 is 0 Å². The summed E-state index contributed by atoms with van der Waals surface area (Å²) in [5.74, 6) is 0.230. The molecule has 4 nitrogen and oxygen atoms in total. The zero-order valence-corrected chi connectivity index (χ0v) is 15.5. The second-order valence-corrected chi connectivity index (χ2v) is 7.47. The standard InChI is InChI=1S/C19H25N3OS/c1-4-21-8-10-22(11-9-21)18(23)13-17-15(3)20-19(24-17)16-7-5-6-14(2)12-16/h5-7,12H,4,8-11,13H2,1-3H3. The van der Waals surface area contributed by atoms with Gasteiger partial charge in [-0.25, -0.2) is 4.98 Å². The first kappa shape index (κ1) is 17.1. The molecule has 0 aliphatic carbocycles. The first-order valence-electron chi connectivity index (χ1n) is 8.60. The van der Waals surface area contributed by atoms with E-state index in [9.17, 15) is 4.79 Å². The molecule has 2 heterocycles. The fourth-order valence-electron chi connectivity index (χ4n) is 3.06. The van der Waals surface area contributed by atoms with Crippen molar-refractivity contribution < 1.29 is 4.79 Å². The van der Waals surface area contributed by atoms with Crippen molar-refractivity contribution in [1.82, 2.24) is 14.8 Å². The van der Waals surface area contributed by atoms with Crippen LogP contribution in [-0.4, -0.2) is 53.4 Å². The van der Waals surface area contributed by atoms with Gasteiger partial charge in [-0.05, 0) is 26.5 Å². The van der Waals surface area contributed by atoms with Crippen molar-refractivity contribution in [2.24, 2.45) is 0 Å². The predicted molar refractivity (Wildman–Crippen MR) is 99.4 cm³/mol. The van der Waals surface area contributed by atoms with E-state index in [2.05, 4.69) is 48.0 Å². The summed E-state index contributed by atoms with van der Waals surface area (Å²) in [7, 11) is 0. The average molecular weight is 343 g/mol. The van der Waals surface area contributed by atoms with Gasteiger partial charge in [0.15, 0.2) is 0 Å². The zero-order valence-electron chi connectivity index (χ0n) is 14.7. The number of aromatic nitrogens is 1. The number of aryl methyl sites for hydroxylation is 2. The van der Waals surface area contributed by atoms with E-state index in [4.69, 9.17) is 0 Å². The summed E-state index contributed by atoms with van der Waals surface area (Å²) in [6, 6.07) is 8.37. The van der Waals surface area contributed by atoms with E-state index in [1.165, 1.54) is 5.56 Å². The van der Waals surface area contributed by atoms with E-state index in [1.54, 1.807) is 11.3 Å². The quantitative estimate of drug-likeness (QED) is 0.856. The van der Waals surface area contributed by atoms with Gasteiger partial charge in [0.2, 0.25) is 5.91 Å². The number of carbonyl (C=O) groups excluding carboxylic acids is 1. The molecule has 3 rings (SSSR count). The Morgan fingerprint density at radius 1 is 1.21 bits per heavy atom. The van der Waals surface area contributed by atoms with Crippen LogP contribution in [-0.2, 0) is 11.2 Å².